The number of amides is 2. The van der Waals surface area contributed by atoms with E-state index >= 15 is 0 Å². The molecule has 3 saturated heterocycles. The molecule has 0 N–H and O–H groups in total. The summed E-state index contributed by atoms with van der Waals surface area (Å²) in [5.41, 5.74) is 1.39. The van der Waals surface area contributed by atoms with Crippen LogP contribution in [-0.4, -0.2) is 85.5 Å². The third kappa shape index (κ3) is 4.62. The van der Waals surface area contributed by atoms with Crippen LogP contribution in [0.3, 0.4) is 0 Å². The first-order valence-corrected chi connectivity index (χ1v) is 12.2. The molecule has 0 bridgehead atoms. The largest absolute Gasteiger partial charge is 0.381 e. The summed E-state index contributed by atoms with van der Waals surface area (Å²) in [4.78, 5) is 32.3. The summed E-state index contributed by atoms with van der Waals surface area (Å²) in [6, 6.07) is 10.4. The van der Waals surface area contributed by atoms with Crippen LogP contribution < -0.4 is 0 Å². The van der Waals surface area contributed by atoms with Gasteiger partial charge in [0.05, 0.1) is 12.5 Å². The number of piperazine rings is 1. The normalized spacial score (nSPS) is 27.9. The van der Waals surface area contributed by atoms with Crippen LogP contribution in [0, 0.1) is 17.3 Å². The zero-order valence-electron chi connectivity index (χ0n) is 19.0. The molecule has 1 spiro atoms. The fourth-order valence-electron chi connectivity index (χ4n) is 5.68. The van der Waals surface area contributed by atoms with E-state index in [2.05, 4.69) is 46.2 Å². The number of hydrogen-bond donors (Lipinski definition) is 0. The average Bonchev–Trinajstić information content (AvgIpc) is 3.26. The van der Waals surface area contributed by atoms with Gasteiger partial charge in [-0.25, -0.2) is 0 Å². The zero-order valence-corrected chi connectivity index (χ0v) is 19.0. The van der Waals surface area contributed by atoms with E-state index in [4.69, 9.17) is 4.74 Å². The van der Waals surface area contributed by atoms with Crippen LogP contribution in [-0.2, 0) is 14.3 Å². The maximum atomic E-state index is 13.2. The van der Waals surface area contributed by atoms with Crippen LogP contribution in [0.5, 0.6) is 0 Å². The molecular formula is C26H35N3O3. The van der Waals surface area contributed by atoms with Crippen LogP contribution in [0.25, 0.3) is 6.08 Å². The average molecular weight is 438 g/mol. The van der Waals surface area contributed by atoms with Crippen LogP contribution in [0.2, 0.25) is 0 Å². The van der Waals surface area contributed by atoms with Gasteiger partial charge in [-0.2, -0.15) is 0 Å². The van der Waals surface area contributed by atoms with E-state index in [1.54, 1.807) is 0 Å². The number of piperidine rings is 1. The molecule has 6 nitrogen and oxygen atoms in total. The summed E-state index contributed by atoms with van der Waals surface area (Å²) < 4.78 is 5.38. The van der Waals surface area contributed by atoms with E-state index in [9.17, 15) is 9.59 Å². The highest BCUT2D eigenvalue weighted by Crippen LogP contribution is 2.60. The van der Waals surface area contributed by atoms with Gasteiger partial charge in [-0.05, 0) is 36.7 Å². The minimum Gasteiger partial charge on any atom is -0.381 e. The maximum Gasteiger partial charge on any atom is 0.228 e. The van der Waals surface area contributed by atoms with Gasteiger partial charge in [-0.1, -0.05) is 42.5 Å². The van der Waals surface area contributed by atoms with Gasteiger partial charge in [0.2, 0.25) is 11.8 Å². The summed E-state index contributed by atoms with van der Waals surface area (Å²) in [5.74, 6) is 0.852. The molecule has 6 heteroatoms. The lowest BCUT2D eigenvalue weighted by Gasteiger charge is -2.36. The van der Waals surface area contributed by atoms with Crippen LogP contribution in [0.15, 0.2) is 36.4 Å². The second-order valence-electron chi connectivity index (χ2n) is 9.94. The van der Waals surface area contributed by atoms with Crippen molar-refractivity contribution in [2.45, 2.75) is 25.7 Å². The number of carbonyl (C=O) groups excluding carboxylic acids is 2. The summed E-state index contributed by atoms with van der Waals surface area (Å²) in [6.07, 6.45) is 8.22. The Morgan fingerprint density at radius 2 is 1.69 bits per heavy atom. The molecule has 4 aliphatic rings. The third-order valence-corrected chi connectivity index (χ3v) is 8.00. The van der Waals surface area contributed by atoms with Crippen molar-refractivity contribution in [3.05, 3.63) is 42.0 Å². The number of rotatable bonds is 5. The zero-order chi connectivity index (χ0) is 22.0. The van der Waals surface area contributed by atoms with E-state index in [0.717, 1.165) is 71.5 Å². The topological polar surface area (TPSA) is 53.1 Å². The molecule has 2 amide bonds. The van der Waals surface area contributed by atoms with Crippen molar-refractivity contribution in [1.29, 1.82) is 0 Å². The smallest absolute Gasteiger partial charge is 0.228 e. The molecule has 1 aliphatic carbocycles. The van der Waals surface area contributed by atoms with Gasteiger partial charge in [0.1, 0.15) is 0 Å². The van der Waals surface area contributed by atoms with Crippen molar-refractivity contribution in [3.63, 3.8) is 0 Å². The third-order valence-electron chi connectivity index (χ3n) is 8.00. The number of nitrogens with zero attached hydrogens (tertiary/aromatic N) is 3. The van der Waals surface area contributed by atoms with Gasteiger partial charge < -0.3 is 14.5 Å². The van der Waals surface area contributed by atoms with Crippen molar-refractivity contribution >= 4 is 17.9 Å². The Labute approximate surface area is 191 Å². The predicted octanol–water partition coefficient (Wildman–Crippen LogP) is 2.51. The van der Waals surface area contributed by atoms with Crippen LogP contribution in [0.4, 0.5) is 0 Å². The fourth-order valence-corrected chi connectivity index (χ4v) is 5.68. The first kappa shape index (κ1) is 21.7. The SMILES string of the molecule is O=C([C@@H]1CCOC1)N1CCC2(CC1)C[C@@H]2C(=O)N1CCN(C/C=C/c2ccccc2)CC1. The first-order valence-electron chi connectivity index (χ1n) is 12.2. The lowest BCUT2D eigenvalue weighted by atomic mass is 9.89. The molecule has 32 heavy (non-hydrogen) atoms. The number of likely N-dealkylation sites (tertiary alicyclic amines) is 1. The lowest BCUT2D eigenvalue weighted by molar-refractivity contribution is -0.137. The highest BCUT2D eigenvalue weighted by molar-refractivity contribution is 5.83. The van der Waals surface area contributed by atoms with Crippen molar-refractivity contribution in [3.8, 4) is 0 Å². The lowest BCUT2D eigenvalue weighted by Crippen LogP contribution is -2.50. The Morgan fingerprint density at radius 1 is 0.969 bits per heavy atom. The second kappa shape index (κ2) is 9.36. The number of hydrogen-bond acceptors (Lipinski definition) is 4. The Kier molecular flexibility index (Phi) is 6.33. The van der Waals surface area contributed by atoms with Crippen LogP contribution in [0.1, 0.15) is 31.2 Å². The first-order chi connectivity index (χ1) is 15.6. The molecule has 2 atom stereocenters. The minimum absolute atomic E-state index is 0.0551. The summed E-state index contributed by atoms with van der Waals surface area (Å²) in [5, 5.41) is 0. The molecular weight excluding hydrogens is 402 g/mol. The van der Waals surface area contributed by atoms with E-state index < -0.39 is 0 Å². The molecule has 0 aromatic heterocycles. The molecule has 3 aliphatic heterocycles. The van der Waals surface area contributed by atoms with Gasteiger partial charge in [-0.15, -0.1) is 0 Å². The minimum atomic E-state index is 0.0551. The highest BCUT2D eigenvalue weighted by atomic mass is 16.5. The maximum absolute atomic E-state index is 13.2. The van der Waals surface area contributed by atoms with Gasteiger partial charge in [0.15, 0.2) is 0 Å². The van der Waals surface area contributed by atoms with Crippen molar-refractivity contribution in [2.75, 3.05) is 59.0 Å². The Balaban J connectivity index is 1.05. The van der Waals surface area contributed by atoms with Gasteiger partial charge in [0, 0.05) is 58.3 Å². The van der Waals surface area contributed by atoms with E-state index in [1.165, 1.54) is 5.56 Å². The summed E-state index contributed by atoms with van der Waals surface area (Å²) in [6.45, 7) is 7.37. The van der Waals surface area contributed by atoms with Gasteiger partial charge in [-0.3, -0.25) is 14.5 Å². The monoisotopic (exact) mass is 437 g/mol. The van der Waals surface area contributed by atoms with Crippen molar-refractivity contribution in [2.24, 2.45) is 17.3 Å². The summed E-state index contributed by atoms with van der Waals surface area (Å²) >= 11 is 0. The number of carbonyl (C=O) groups is 2. The number of benzene rings is 1. The quantitative estimate of drug-likeness (QED) is 0.710. The molecule has 0 radical (unpaired) electrons. The Hall–Kier alpha value is -2.18. The molecule has 5 rings (SSSR count). The molecule has 1 aromatic rings. The molecule has 1 saturated carbocycles. The fraction of sp³-hybridized carbons (Fsp3) is 0.615. The van der Waals surface area contributed by atoms with Crippen molar-refractivity contribution < 1.29 is 14.3 Å². The predicted molar refractivity (Wildman–Crippen MR) is 124 cm³/mol. The van der Waals surface area contributed by atoms with E-state index in [-0.39, 0.29) is 23.2 Å². The Morgan fingerprint density at radius 3 is 2.38 bits per heavy atom. The standard InChI is InChI=1S/C26H35N3O3/c30-24(22-8-18-32-20-22)28-12-9-26(10-13-28)19-23(26)25(31)29-16-14-27(15-17-29)11-4-7-21-5-2-1-3-6-21/h1-7,22-23H,8-20H2/b7-4+/t22-,23-/m1/s1. The van der Waals surface area contributed by atoms with Gasteiger partial charge >= 0.3 is 0 Å². The molecule has 4 fully saturated rings. The molecule has 0 unspecified atom stereocenters. The van der Waals surface area contributed by atoms with Gasteiger partial charge in [0.25, 0.3) is 0 Å². The van der Waals surface area contributed by atoms with Crippen molar-refractivity contribution in [1.82, 2.24) is 14.7 Å². The number of ether oxygens (including phenoxy) is 1. The Bertz CT molecular complexity index is 833. The van der Waals surface area contributed by atoms with E-state index in [0.29, 0.717) is 19.1 Å². The highest BCUT2D eigenvalue weighted by Gasteiger charge is 2.59. The molecule has 3 heterocycles. The van der Waals surface area contributed by atoms with E-state index in [1.807, 2.05) is 11.0 Å². The van der Waals surface area contributed by atoms with Crippen LogP contribution >= 0.6 is 0 Å². The second-order valence-corrected chi connectivity index (χ2v) is 9.94. The summed E-state index contributed by atoms with van der Waals surface area (Å²) in [7, 11) is 0. The molecule has 1 aromatic carbocycles. The molecule has 172 valence electrons.